The van der Waals surface area contributed by atoms with E-state index in [1.165, 1.54) is 35.7 Å². The molecule has 0 radical (unpaired) electrons. The number of hydrogen-bond donors (Lipinski definition) is 4. The number of nitrogens with zero attached hydrogens (tertiary/aromatic N) is 1. The summed E-state index contributed by atoms with van der Waals surface area (Å²) < 4.78 is 0. The van der Waals surface area contributed by atoms with Crippen LogP contribution in [0.25, 0.3) is 0 Å². The van der Waals surface area contributed by atoms with E-state index >= 15 is 0 Å². The van der Waals surface area contributed by atoms with Gasteiger partial charge in [0.1, 0.15) is 0 Å². The molecule has 2 amide bonds. The molecule has 4 rings (SSSR count). The summed E-state index contributed by atoms with van der Waals surface area (Å²) in [5.74, 6) is -4.17. The number of carboxylic acids is 2. The second-order valence-electron chi connectivity index (χ2n) is 8.57. The molecule has 0 aromatic heterocycles. The first kappa shape index (κ1) is 29.3. The van der Waals surface area contributed by atoms with Crippen LogP contribution in [0.15, 0.2) is 34.9 Å². The van der Waals surface area contributed by atoms with Crippen molar-refractivity contribution >= 4 is 41.2 Å². The maximum Gasteiger partial charge on any atom is 1.00 e. The summed E-state index contributed by atoms with van der Waals surface area (Å²) in [7, 11) is 0. The van der Waals surface area contributed by atoms with Crippen molar-refractivity contribution in [1.82, 2.24) is 10.2 Å². The van der Waals surface area contributed by atoms with Crippen molar-refractivity contribution in [3.63, 3.8) is 0 Å². The number of aliphatic hydroxyl groups excluding tert-OH is 1. The summed E-state index contributed by atoms with van der Waals surface area (Å²) in [4.78, 5) is 49.8. The Balaban J connectivity index is 0.00000216. The van der Waals surface area contributed by atoms with Gasteiger partial charge >= 0.3 is 35.5 Å². The number of β-lactam (4-membered cyclic amide) rings is 1. The van der Waals surface area contributed by atoms with Crippen LogP contribution in [0.3, 0.4) is 0 Å². The number of benzene rings is 1. The first-order chi connectivity index (χ1) is 15.6. The molecular formula is C22H26N3NaO8S. The topological polar surface area (TPSA) is 191 Å². The molecule has 0 unspecified atom stereocenters. The number of anilines is 1. The molecule has 13 heteroatoms. The van der Waals surface area contributed by atoms with Crippen molar-refractivity contribution in [2.75, 3.05) is 11.9 Å². The Morgan fingerprint density at radius 3 is 2.60 bits per heavy atom. The average Bonchev–Trinajstić information content (AvgIpc) is 3.30. The number of carbonyl (C=O) groups is 4. The monoisotopic (exact) mass is 515 g/mol. The first-order valence-electron chi connectivity index (χ1n) is 10.6. The number of nitrogens with one attached hydrogen (secondary N) is 2. The van der Waals surface area contributed by atoms with E-state index < -0.39 is 42.0 Å². The average molecular weight is 516 g/mol. The van der Waals surface area contributed by atoms with Crippen LogP contribution < -0.4 is 45.3 Å². The van der Waals surface area contributed by atoms with Gasteiger partial charge in [-0.05, 0) is 31.5 Å². The predicted octanol–water partition coefficient (Wildman–Crippen LogP) is -4.21. The minimum Gasteiger partial charge on any atom is -0.543 e. The van der Waals surface area contributed by atoms with E-state index in [-0.39, 0.29) is 63.4 Å². The molecule has 35 heavy (non-hydrogen) atoms. The van der Waals surface area contributed by atoms with Crippen molar-refractivity contribution < 1.29 is 69.5 Å². The zero-order chi connectivity index (χ0) is 24.0. The molecule has 0 aliphatic carbocycles. The molecule has 0 bridgehead atoms. The Kier molecular flexibility index (Phi) is 9.56. The van der Waals surface area contributed by atoms with Gasteiger partial charge < -0.3 is 41.1 Å². The van der Waals surface area contributed by atoms with Crippen LogP contribution in [-0.2, 0) is 14.4 Å². The molecule has 184 valence electrons. The number of hydrogen-bond acceptors (Lipinski definition) is 8. The largest absolute Gasteiger partial charge is 1.00 e. The molecule has 2 fully saturated rings. The quantitative estimate of drug-likeness (QED) is 0.206. The van der Waals surface area contributed by atoms with Crippen LogP contribution in [0.4, 0.5) is 5.69 Å². The van der Waals surface area contributed by atoms with E-state index in [9.17, 15) is 29.4 Å². The van der Waals surface area contributed by atoms with E-state index in [2.05, 4.69) is 10.6 Å². The van der Waals surface area contributed by atoms with Crippen LogP contribution in [0.5, 0.6) is 0 Å². The Hall–Kier alpha value is -1.93. The Labute approximate surface area is 227 Å². The number of carboxylic acid groups (broad SMARTS) is 2. The van der Waals surface area contributed by atoms with Crippen molar-refractivity contribution in [1.29, 1.82) is 0 Å². The molecule has 3 aliphatic heterocycles. The summed E-state index contributed by atoms with van der Waals surface area (Å²) in [6.45, 7) is 3.80. The standard InChI is InChI=1S/C22H25N3O7S.Na.H2O/c1-9-16-15(10(2)26)20(28)25(16)17(22(31)32)18(9)33-13-7-14(23-8-13)19(27)24-12-5-3-4-11(6-12)21(29)30;;/h3-6,9-10,13-16,23,26H,7-8H2,1-2H3,(H,24,27)(H,29,30)(H,31,32);;1H2/q;+1;/p-1/t9-,10-,13+,14+,15-,16-;;/m1../s1. The van der Waals surface area contributed by atoms with Crippen LogP contribution in [0.2, 0.25) is 0 Å². The fourth-order valence-electron chi connectivity index (χ4n) is 4.80. The van der Waals surface area contributed by atoms with Gasteiger partial charge in [0.05, 0.1) is 41.3 Å². The van der Waals surface area contributed by atoms with Crippen molar-refractivity contribution in [3.05, 3.63) is 40.4 Å². The number of amides is 2. The van der Waals surface area contributed by atoms with Gasteiger partial charge in [0.15, 0.2) is 0 Å². The summed E-state index contributed by atoms with van der Waals surface area (Å²) in [6, 6.07) is 4.99. The van der Waals surface area contributed by atoms with Gasteiger partial charge in [0.2, 0.25) is 11.8 Å². The molecule has 2 saturated heterocycles. The molecule has 0 spiro atoms. The molecule has 3 heterocycles. The number of rotatable bonds is 7. The van der Waals surface area contributed by atoms with E-state index in [0.717, 1.165) is 0 Å². The Morgan fingerprint density at radius 1 is 1.31 bits per heavy atom. The number of aromatic carboxylic acids is 1. The normalized spacial score (nSPS) is 27.8. The summed E-state index contributed by atoms with van der Waals surface area (Å²) >= 11 is 1.32. The minimum atomic E-state index is -1.43. The number of carbonyl (C=O) groups excluding carboxylic acids is 3. The fraction of sp³-hybridized carbons (Fsp3) is 0.455. The fourth-order valence-corrected chi connectivity index (χ4v) is 6.28. The van der Waals surface area contributed by atoms with Crippen molar-refractivity contribution in [2.24, 2.45) is 11.8 Å². The van der Waals surface area contributed by atoms with Crippen LogP contribution in [0.1, 0.15) is 30.6 Å². The SMILES string of the molecule is C[C@@H](O)[C@H]1C(=O)N2C(C(=O)[O-])=C(S[C@@H]3CN[C@H](C(=O)Nc4cccc(C(=O)O)c4)C3)[C@H](C)[C@H]12.O.[Na+]. The predicted molar refractivity (Wildman–Crippen MR) is 120 cm³/mol. The van der Waals surface area contributed by atoms with Gasteiger partial charge in [0, 0.05) is 28.3 Å². The van der Waals surface area contributed by atoms with Crippen molar-refractivity contribution in [2.45, 2.75) is 43.7 Å². The Bertz CT molecular complexity index is 1060. The van der Waals surface area contributed by atoms with Crippen molar-refractivity contribution in [3.8, 4) is 0 Å². The maximum absolute atomic E-state index is 12.7. The third-order valence-electron chi connectivity index (χ3n) is 6.38. The number of fused-ring (bicyclic) bond motifs is 1. The maximum atomic E-state index is 12.7. The zero-order valence-electron chi connectivity index (χ0n) is 19.5. The molecule has 0 saturated carbocycles. The molecular weight excluding hydrogens is 489 g/mol. The van der Waals surface area contributed by atoms with E-state index in [0.29, 0.717) is 23.6 Å². The molecule has 6 atom stereocenters. The van der Waals surface area contributed by atoms with Gasteiger partial charge in [-0.25, -0.2) is 4.79 Å². The molecule has 1 aromatic rings. The third kappa shape index (κ3) is 5.43. The van der Waals surface area contributed by atoms with Gasteiger partial charge in [0.25, 0.3) is 0 Å². The van der Waals surface area contributed by atoms with E-state index in [1.807, 2.05) is 6.92 Å². The smallest absolute Gasteiger partial charge is 0.543 e. The van der Waals surface area contributed by atoms with Crippen LogP contribution >= 0.6 is 11.8 Å². The third-order valence-corrected chi connectivity index (χ3v) is 7.89. The molecule has 1 aromatic carbocycles. The summed E-state index contributed by atoms with van der Waals surface area (Å²) in [5, 5.41) is 36.6. The number of thioether (sulfide) groups is 1. The second kappa shape index (κ2) is 11.4. The number of aliphatic carboxylic acids is 1. The molecule has 11 nitrogen and oxygen atoms in total. The zero-order valence-corrected chi connectivity index (χ0v) is 22.3. The first-order valence-corrected chi connectivity index (χ1v) is 11.5. The summed E-state index contributed by atoms with van der Waals surface area (Å²) in [5.41, 5.74) is 0.293. The minimum absolute atomic E-state index is 0. The Morgan fingerprint density at radius 2 is 2.00 bits per heavy atom. The van der Waals surface area contributed by atoms with Crippen LogP contribution in [-0.4, -0.2) is 74.3 Å². The van der Waals surface area contributed by atoms with Gasteiger partial charge in [-0.3, -0.25) is 9.59 Å². The van der Waals surface area contributed by atoms with E-state index in [4.69, 9.17) is 5.11 Å². The molecule has 6 N–H and O–H groups in total. The van der Waals surface area contributed by atoms with Gasteiger partial charge in [-0.1, -0.05) is 13.0 Å². The molecule has 3 aliphatic rings. The van der Waals surface area contributed by atoms with Gasteiger partial charge in [-0.15, -0.1) is 11.8 Å². The van der Waals surface area contributed by atoms with E-state index in [1.54, 1.807) is 12.1 Å². The second-order valence-corrected chi connectivity index (χ2v) is 9.91. The van der Waals surface area contributed by atoms with Gasteiger partial charge in [-0.2, -0.15) is 0 Å². The van der Waals surface area contributed by atoms with Crippen LogP contribution in [0, 0.1) is 11.8 Å². The number of aliphatic hydroxyl groups is 1. The summed E-state index contributed by atoms with van der Waals surface area (Å²) in [6.07, 6.45) is -0.459.